The lowest BCUT2D eigenvalue weighted by atomic mass is 10.1. The second-order valence-electron chi connectivity index (χ2n) is 3.19. The Balaban J connectivity index is 2.91. The Bertz CT molecular complexity index is 385. The summed E-state index contributed by atoms with van der Waals surface area (Å²) in [5, 5.41) is 0.0249. The van der Waals surface area contributed by atoms with Gasteiger partial charge in [-0.25, -0.2) is 4.39 Å². The van der Waals surface area contributed by atoms with Gasteiger partial charge in [-0.2, -0.15) is 0 Å². The summed E-state index contributed by atoms with van der Waals surface area (Å²) in [6, 6.07) is 4.03. The van der Waals surface area contributed by atoms with Gasteiger partial charge in [-0.1, -0.05) is 23.8 Å². The van der Waals surface area contributed by atoms with Crippen LogP contribution in [0.25, 0.3) is 0 Å². The Labute approximate surface area is 87.2 Å². The van der Waals surface area contributed by atoms with Crippen LogP contribution in [0.1, 0.15) is 23.7 Å². The second kappa shape index (κ2) is 4.38. The molecular formula is C11H10ClFO. The van der Waals surface area contributed by atoms with Crippen LogP contribution in [0, 0.1) is 5.82 Å². The molecule has 0 radical (unpaired) electrons. The van der Waals surface area contributed by atoms with E-state index < -0.39 is 5.82 Å². The minimum Gasteiger partial charge on any atom is -0.294 e. The Morgan fingerprint density at radius 1 is 1.57 bits per heavy atom. The first-order valence-corrected chi connectivity index (χ1v) is 4.51. The summed E-state index contributed by atoms with van der Waals surface area (Å²) < 4.78 is 13.0. The van der Waals surface area contributed by atoms with E-state index in [0.29, 0.717) is 5.56 Å². The lowest BCUT2D eigenvalue weighted by molar-refractivity contribution is 0.0992. The minimum absolute atomic E-state index is 0.0249. The predicted octanol–water partition coefficient (Wildman–Crippen LogP) is 3.63. The van der Waals surface area contributed by atoms with Gasteiger partial charge in [-0.15, -0.1) is 0 Å². The number of carbonyl (C=O) groups excluding carboxylic acids is 1. The van der Waals surface area contributed by atoms with E-state index in [1.807, 2.05) is 0 Å². The Morgan fingerprint density at radius 3 is 2.71 bits per heavy atom. The topological polar surface area (TPSA) is 17.1 Å². The Kier molecular flexibility index (Phi) is 3.42. The van der Waals surface area contributed by atoms with Crippen molar-refractivity contribution in [2.24, 2.45) is 0 Å². The summed E-state index contributed by atoms with van der Waals surface area (Å²) in [4.78, 5) is 11.4. The third-order valence-electron chi connectivity index (χ3n) is 1.70. The van der Waals surface area contributed by atoms with Crippen LogP contribution in [0.4, 0.5) is 4.39 Å². The maximum absolute atomic E-state index is 13.0. The van der Waals surface area contributed by atoms with E-state index in [1.165, 1.54) is 12.1 Å². The highest BCUT2D eigenvalue weighted by atomic mass is 35.5. The smallest absolute Gasteiger partial charge is 0.166 e. The van der Waals surface area contributed by atoms with Gasteiger partial charge in [0.25, 0.3) is 0 Å². The molecule has 0 aromatic heterocycles. The molecule has 0 saturated heterocycles. The van der Waals surface area contributed by atoms with Gasteiger partial charge in [-0.05, 0) is 25.1 Å². The molecule has 0 atom stereocenters. The van der Waals surface area contributed by atoms with Crippen molar-refractivity contribution in [2.45, 2.75) is 13.3 Å². The molecule has 1 aromatic rings. The molecule has 0 aliphatic rings. The van der Waals surface area contributed by atoms with Crippen LogP contribution in [0.3, 0.4) is 0 Å². The van der Waals surface area contributed by atoms with Gasteiger partial charge in [0.2, 0.25) is 0 Å². The van der Waals surface area contributed by atoms with Gasteiger partial charge in [0, 0.05) is 12.0 Å². The number of halogens is 2. The van der Waals surface area contributed by atoms with E-state index in [1.54, 1.807) is 6.92 Å². The number of hydrogen-bond acceptors (Lipinski definition) is 1. The first-order valence-electron chi connectivity index (χ1n) is 4.13. The fraction of sp³-hybridized carbons (Fsp3) is 0.182. The number of benzene rings is 1. The van der Waals surface area contributed by atoms with Gasteiger partial charge in [0.15, 0.2) is 5.78 Å². The van der Waals surface area contributed by atoms with Crippen LogP contribution in [0.15, 0.2) is 30.4 Å². The van der Waals surface area contributed by atoms with Crippen LogP contribution in [0.2, 0.25) is 5.02 Å². The maximum atomic E-state index is 13.0. The average molecular weight is 213 g/mol. The Morgan fingerprint density at radius 2 is 2.21 bits per heavy atom. The highest BCUT2D eigenvalue weighted by Gasteiger charge is 2.08. The van der Waals surface area contributed by atoms with Gasteiger partial charge in [0.1, 0.15) is 5.82 Å². The van der Waals surface area contributed by atoms with E-state index in [0.717, 1.165) is 11.6 Å². The van der Waals surface area contributed by atoms with Crippen molar-refractivity contribution in [3.8, 4) is 0 Å². The zero-order chi connectivity index (χ0) is 10.7. The zero-order valence-corrected chi connectivity index (χ0v) is 8.57. The van der Waals surface area contributed by atoms with Gasteiger partial charge >= 0.3 is 0 Å². The molecule has 0 aliphatic carbocycles. The van der Waals surface area contributed by atoms with Gasteiger partial charge in [-0.3, -0.25) is 4.79 Å². The van der Waals surface area contributed by atoms with Crippen molar-refractivity contribution >= 4 is 17.4 Å². The number of hydrogen-bond donors (Lipinski definition) is 0. The maximum Gasteiger partial charge on any atom is 0.166 e. The highest BCUT2D eigenvalue weighted by molar-refractivity contribution is 6.30. The van der Waals surface area contributed by atoms with Crippen molar-refractivity contribution < 1.29 is 9.18 Å². The molecule has 0 unspecified atom stereocenters. The van der Waals surface area contributed by atoms with Crippen molar-refractivity contribution in [1.29, 1.82) is 0 Å². The molecule has 0 aliphatic heterocycles. The number of ketones is 1. The van der Waals surface area contributed by atoms with Crippen LogP contribution in [-0.2, 0) is 0 Å². The third kappa shape index (κ3) is 2.67. The molecule has 0 N–H and O–H groups in total. The molecule has 0 fully saturated rings. The lowest BCUT2D eigenvalue weighted by Crippen LogP contribution is -1.99. The zero-order valence-electron chi connectivity index (χ0n) is 7.81. The SMILES string of the molecule is C=C(C)CC(=O)c1ccc(Cl)c(F)c1. The number of allylic oxidation sites excluding steroid dienone is 1. The van der Waals surface area contributed by atoms with Gasteiger partial charge in [0.05, 0.1) is 5.02 Å². The van der Waals surface area contributed by atoms with E-state index in [4.69, 9.17) is 11.6 Å². The highest BCUT2D eigenvalue weighted by Crippen LogP contribution is 2.17. The Hall–Kier alpha value is -1.15. The normalized spacial score (nSPS) is 9.93. The first kappa shape index (κ1) is 10.9. The second-order valence-corrected chi connectivity index (χ2v) is 3.59. The molecule has 0 saturated carbocycles. The molecule has 0 amide bonds. The summed E-state index contributed by atoms with van der Waals surface area (Å²) in [6.07, 6.45) is 0.237. The number of rotatable bonds is 3. The molecule has 1 rings (SSSR count). The summed E-state index contributed by atoms with van der Waals surface area (Å²) in [6.45, 7) is 5.37. The summed E-state index contributed by atoms with van der Waals surface area (Å²) >= 11 is 5.49. The quantitative estimate of drug-likeness (QED) is 0.552. The minimum atomic E-state index is -0.570. The van der Waals surface area contributed by atoms with Crippen LogP contribution < -0.4 is 0 Å². The molecule has 0 heterocycles. The van der Waals surface area contributed by atoms with Crippen molar-refractivity contribution in [2.75, 3.05) is 0 Å². The van der Waals surface area contributed by atoms with Crippen LogP contribution in [0.5, 0.6) is 0 Å². The number of carbonyl (C=O) groups is 1. The molecule has 1 aromatic carbocycles. The van der Waals surface area contributed by atoms with Gasteiger partial charge < -0.3 is 0 Å². The summed E-state index contributed by atoms with van der Waals surface area (Å²) in [7, 11) is 0. The van der Waals surface area contributed by atoms with E-state index >= 15 is 0 Å². The van der Waals surface area contributed by atoms with Crippen molar-refractivity contribution in [3.63, 3.8) is 0 Å². The molecule has 14 heavy (non-hydrogen) atoms. The molecular weight excluding hydrogens is 203 g/mol. The van der Waals surface area contributed by atoms with Crippen LogP contribution in [-0.4, -0.2) is 5.78 Å². The molecule has 1 nitrogen and oxygen atoms in total. The molecule has 74 valence electrons. The molecule has 3 heteroatoms. The average Bonchev–Trinajstić information content (AvgIpc) is 2.08. The van der Waals surface area contributed by atoms with E-state index in [2.05, 4.69) is 6.58 Å². The largest absolute Gasteiger partial charge is 0.294 e. The standard InChI is InChI=1S/C11H10ClFO/c1-7(2)5-11(14)8-3-4-9(12)10(13)6-8/h3-4,6H,1,5H2,2H3. The van der Waals surface area contributed by atoms with Crippen LogP contribution >= 0.6 is 11.6 Å². The van der Waals surface area contributed by atoms with E-state index in [9.17, 15) is 9.18 Å². The fourth-order valence-corrected chi connectivity index (χ4v) is 1.16. The predicted molar refractivity (Wildman–Crippen MR) is 55.2 cm³/mol. The van der Waals surface area contributed by atoms with Crippen molar-refractivity contribution in [1.82, 2.24) is 0 Å². The van der Waals surface area contributed by atoms with Crippen molar-refractivity contribution in [3.05, 3.63) is 46.8 Å². The molecule has 0 bridgehead atoms. The summed E-state index contributed by atoms with van der Waals surface area (Å²) in [5.41, 5.74) is 1.08. The summed E-state index contributed by atoms with van der Waals surface area (Å²) in [5.74, 6) is -0.715. The fourth-order valence-electron chi connectivity index (χ4n) is 1.05. The van der Waals surface area contributed by atoms with E-state index in [-0.39, 0.29) is 17.2 Å². The monoisotopic (exact) mass is 212 g/mol. The third-order valence-corrected chi connectivity index (χ3v) is 2.01. The number of Topliss-reactive ketones (excluding diaryl/α,β-unsaturated/α-hetero) is 1. The first-order chi connectivity index (χ1) is 6.50. The molecule has 0 spiro atoms. The lowest BCUT2D eigenvalue weighted by Gasteiger charge is -2.01.